The van der Waals surface area contributed by atoms with E-state index in [9.17, 15) is 0 Å². The normalized spacial score (nSPS) is 17.5. The number of aryl methyl sites for hydroxylation is 2. The molecule has 0 spiro atoms. The minimum absolute atomic E-state index is 1.09. The third-order valence-electron chi connectivity index (χ3n) is 6.41. The molecule has 0 saturated heterocycles. The number of hydrogen-bond donors (Lipinski definition) is 0. The molecule has 0 radical (unpaired) electrons. The molecule has 0 atom stereocenters. The summed E-state index contributed by atoms with van der Waals surface area (Å²) in [7, 11) is -3.15. The van der Waals surface area contributed by atoms with E-state index < -0.39 is 15.2 Å². The fraction of sp³-hybridized carbons (Fsp3) is 0.364. The number of benzene rings is 2. The van der Waals surface area contributed by atoms with Crippen LogP contribution in [0.2, 0.25) is 26.2 Å². The highest BCUT2D eigenvalue weighted by Gasteiger charge is 2.49. The topological polar surface area (TPSA) is 24.7 Å². The monoisotopic (exact) mass is 378 g/mol. The highest BCUT2D eigenvalue weighted by Crippen LogP contribution is 2.38. The van der Waals surface area contributed by atoms with Gasteiger partial charge in [-0.25, -0.2) is 0 Å². The predicted molar refractivity (Wildman–Crippen MR) is 123 cm³/mol. The molecular formula is C22H30N2Si2. The molecule has 0 fully saturated rings. The van der Waals surface area contributed by atoms with Crippen LogP contribution in [0.25, 0.3) is 11.1 Å². The zero-order valence-electron chi connectivity index (χ0n) is 17.4. The van der Waals surface area contributed by atoms with Crippen molar-refractivity contribution in [3.63, 3.8) is 0 Å². The van der Waals surface area contributed by atoms with Crippen LogP contribution in [0.15, 0.2) is 34.3 Å². The van der Waals surface area contributed by atoms with Crippen LogP contribution in [0.3, 0.4) is 0 Å². The summed E-state index contributed by atoms with van der Waals surface area (Å²) in [5.74, 6) is 0. The minimum Gasteiger partial charge on any atom is -0.261 e. The minimum atomic E-state index is -1.58. The molecule has 1 heterocycles. The van der Waals surface area contributed by atoms with Gasteiger partial charge in [0.25, 0.3) is 0 Å². The molecule has 0 amide bonds. The summed E-state index contributed by atoms with van der Waals surface area (Å²) in [6.07, 6.45) is 3.78. The Morgan fingerprint density at radius 1 is 0.654 bits per heavy atom. The average molecular weight is 379 g/mol. The summed E-state index contributed by atoms with van der Waals surface area (Å²) in [6, 6.07) is 9.50. The van der Waals surface area contributed by atoms with Crippen molar-refractivity contribution in [2.75, 3.05) is 0 Å². The van der Waals surface area contributed by atoms with Crippen molar-refractivity contribution in [3.05, 3.63) is 35.4 Å². The van der Waals surface area contributed by atoms with Crippen LogP contribution in [-0.4, -0.2) is 27.6 Å². The van der Waals surface area contributed by atoms with E-state index >= 15 is 0 Å². The molecule has 0 aliphatic carbocycles. The first-order valence-electron chi connectivity index (χ1n) is 9.43. The maximum atomic E-state index is 4.62. The molecule has 0 bridgehead atoms. The second kappa shape index (κ2) is 6.43. The van der Waals surface area contributed by atoms with Gasteiger partial charge in [0.2, 0.25) is 0 Å². The summed E-state index contributed by atoms with van der Waals surface area (Å²) in [5.41, 5.74) is 7.53. The van der Waals surface area contributed by atoms with E-state index in [0.717, 1.165) is 11.4 Å². The molecule has 1 aliphatic rings. The van der Waals surface area contributed by atoms with Gasteiger partial charge in [-0.05, 0) is 62.1 Å². The summed E-state index contributed by atoms with van der Waals surface area (Å²) in [6.45, 7) is 18.6. The standard InChI is InChI=1S/C22H30N2Si2/c1-9-23-19-13-17-18-14-20(24-10-2)16(4)12-22(18)26(7,8)25(5,6)21(17)11-15(19)3/h9-14H,1-8H3. The van der Waals surface area contributed by atoms with Crippen LogP contribution < -0.4 is 10.4 Å². The maximum Gasteiger partial charge on any atom is 0.0800 e. The van der Waals surface area contributed by atoms with E-state index in [1.807, 2.05) is 26.3 Å². The lowest BCUT2D eigenvalue weighted by Crippen LogP contribution is -2.72. The number of rotatable bonds is 2. The molecule has 2 aromatic carbocycles. The number of aliphatic imine (C=N–C) groups is 2. The van der Waals surface area contributed by atoms with Crippen LogP contribution in [0.4, 0.5) is 11.4 Å². The number of fused-ring (bicyclic) bond motifs is 3. The SMILES string of the molecule is CC=Nc1cc2c(cc1C)[Si](C)(C)[Si](C)(C)c1cc(C)c(N=CC)cc1-2. The van der Waals surface area contributed by atoms with E-state index in [0.29, 0.717) is 0 Å². The summed E-state index contributed by atoms with van der Waals surface area (Å²) < 4.78 is 0. The van der Waals surface area contributed by atoms with Crippen LogP contribution in [0, 0.1) is 13.8 Å². The molecule has 3 rings (SSSR count). The van der Waals surface area contributed by atoms with Gasteiger partial charge in [-0.15, -0.1) is 0 Å². The molecule has 136 valence electrons. The first-order valence-corrected chi connectivity index (χ1v) is 16.4. The number of nitrogens with zero attached hydrogens (tertiary/aromatic N) is 2. The molecule has 0 unspecified atom stereocenters. The predicted octanol–water partition coefficient (Wildman–Crippen LogP) is 5.34. The van der Waals surface area contributed by atoms with Gasteiger partial charge in [-0.1, -0.05) is 48.7 Å². The number of hydrogen-bond acceptors (Lipinski definition) is 2. The highest BCUT2D eigenvalue weighted by atomic mass is 29.3. The first-order chi connectivity index (χ1) is 12.1. The third kappa shape index (κ3) is 2.67. The van der Waals surface area contributed by atoms with E-state index in [1.54, 1.807) is 10.4 Å². The molecule has 1 aliphatic heterocycles. The van der Waals surface area contributed by atoms with Crippen molar-refractivity contribution in [1.29, 1.82) is 0 Å². The van der Waals surface area contributed by atoms with Gasteiger partial charge in [0.05, 0.1) is 26.6 Å². The average Bonchev–Trinajstić information content (AvgIpc) is 2.57. The lowest BCUT2D eigenvalue weighted by atomic mass is 10.00. The lowest BCUT2D eigenvalue weighted by molar-refractivity contribution is 1.39. The smallest absolute Gasteiger partial charge is 0.0800 e. The van der Waals surface area contributed by atoms with Gasteiger partial charge in [0.1, 0.15) is 0 Å². The van der Waals surface area contributed by atoms with Crippen molar-refractivity contribution in [1.82, 2.24) is 0 Å². The zero-order chi connectivity index (χ0) is 19.3. The third-order valence-corrected chi connectivity index (χ3v) is 24.0. The van der Waals surface area contributed by atoms with Crippen LogP contribution in [-0.2, 0) is 0 Å². The first kappa shape index (κ1) is 19.0. The summed E-state index contributed by atoms with van der Waals surface area (Å²) in [4.78, 5) is 9.24. The van der Waals surface area contributed by atoms with Gasteiger partial charge in [0, 0.05) is 12.4 Å². The molecule has 0 aromatic heterocycles. The van der Waals surface area contributed by atoms with E-state index in [-0.39, 0.29) is 0 Å². The highest BCUT2D eigenvalue weighted by molar-refractivity contribution is 7.50. The molecule has 0 N–H and O–H groups in total. The fourth-order valence-electron chi connectivity index (χ4n) is 4.10. The summed E-state index contributed by atoms with van der Waals surface area (Å²) >= 11 is 0. The molecule has 2 aromatic rings. The maximum absolute atomic E-state index is 4.62. The van der Waals surface area contributed by atoms with Gasteiger partial charge >= 0.3 is 0 Å². The fourth-order valence-corrected chi connectivity index (χ4v) is 13.6. The Bertz CT molecular complexity index is 860. The molecule has 0 saturated carbocycles. The quantitative estimate of drug-likeness (QED) is 0.498. The van der Waals surface area contributed by atoms with Gasteiger partial charge in [-0.2, -0.15) is 0 Å². The Morgan fingerprint density at radius 3 is 1.31 bits per heavy atom. The molecule has 2 nitrogen and oxygen atoms in total. The van der Waals surface area contributed by atoms with Crippen molar-refractivity contribution >= 4 is 49.4 Å². The van der Waals surface area contributed by atoms with Crippen molar-refractivity contribution < 1.29 is 0 Å². The zero-order valence-corrected chi connectivity index (χ0v) is 19.4. The Labute approximate surface area is 159 Å². The van der Waals surface area contributed by atoms with E-state index in [1.165, 1.54) is 22.3 Å². The molecular weight excluding hydrogens is 348 g/mol. The molecule has 26 heavy (non-hydrogen) atoms. The van der Waals surface area contributed by atoms with Crippen molar-refractivity contribution in [2.24, 2.45) is 9.98 Å². The largest absolute Gasteiger partial charge is 0.261 e. The summed E-state index contributed by atoms with van der Waals surface area (Å²) in [5, 5.41) is 3.20. The van der Waals surface area contributed by atoms with Crippen LogP contribution in [0.1, 0.15) is 25.0 Å². The Morgan fingerprint density at radius 2 is 1.00 bits per heavy atom. The van der Waals surface area contributed by atoms with Crippen LogP contribution >= 0.6 is 0 Å². The van der Waals surface area contributed by atoms with Gasteiger partial charge in [0.15, 0.2) is 0 Å². The second-order valence-electron chi connectivity index (χ2n) is 8.39. The van der Waals surface area contributed by atoms with E-state index in [2.05, 4.69) is 74.3 Å². The van der Waals surface area contributed by atoms with Gasteiger partial charge in [-0.3, -0.25) is 9.98 Å². The lowest BCUT2D eigenvalue weighted by Gasteiger charge is -2.46. The Balaban J connectivity index is 2.44. The Hall–Kier alpha value is -1.79. The molecule has 4 heteroatoms. The Kier molecular flexibility index (Phi) is 4.69. The van der Waals surface area contributed by atoms with Gasteiger partial charge < -0.3 is 0 Å². The van der Waals surface area contributed by atoms with E-state index in [4.69, 9.17) is 0 Å². The van der Waals surface area contributed by atoms with Crippen molar-refractivity contribution in [3.8, 4) is 11.1 Å². The van der Waals surface area contributed by atoms with Crippen LogP contribution in [0.5, 0.6) is 0 Å². The van der Waals surface area contributed by atoms with Crippen molar-refractivity contribution in [2.45, 2.75) is 53.9 Å². The second-order valence-corrected chi connectivity index (χ2v) is 23.5.